The Bertz CT molecular complexity index is 1350. The van der Waals surface area contributed by atoms with Crippen LogP contribution in [-0.4, -0.2) is 54.9 Å². The van der Waals surface area contributed by atoms with Gasteiger partial charge in [-0.05, 0) is 57.2 Å². The van der Waals surface area contributed by atoms with Gasteiger partial charge in [-0.1, -0.05) is 17.7 Å². The zero-order chi connectivity index (χ0) is 30.8. The van der Waals surface area contributed by atoms with Crippen molar-refractivity contribution in [1.82, 2.24) is 5.01 Å². The highest BCUT2D eigenvalue weighted by molar-refractivity contribution is 6.32. The van der Waals surface area contributed by atoms with Gasteiger partial charge >= 0.3 is 30.6 Å². The van der Waals surface area contributed by atoms with Crippen LogP contribution >= 0.6 is 11.6 Å². The summed E-state index contributed by atoms with van der Waals surface area (Å²) < 4.78 is 91.2. The van der Waals surface area contributed by atoms with Crippen LogP contribution in [0, 0.1) is 5.41 Å². The number of carbonyl (C=O) groups excluding carboxylic acids is 3. The van der Waals surface area contributed by atoms with Gasteiger partial charge in [0.25, 0.3) is 0 Å². The number of ether oxygens (including phenoxy) is 3. The van der Waals surface area contributed by atoms with E-state index in [1.54, 1.807) is 0 Å². The number of alkyl halides is 6. The van der Waals surface area contributed by atoms with Gasteiger partial charge in [0.1, 0.15) is 11.2 Å². The predicted octanol–water partition coefficient (Wildman–Crippen LogP) is 6.63. The van der Waals surface area contributed by atoms with Gasteiger partial charge in [-0.15, -0.1) is 13.2 Å². The second-order valence-electron chi connectivity index (χ2n) is 8.61. The van der Waals surface area contributed by atoms with Gasteiger partial charge in [-0.25, -0.2) is 14.6 Å². The van der Waals surface area contributed by atoms with Crippen molar-refractivity contribution in [1.29, 1.82) is 0 Å². The fourth-order valence-corrected chi connectivity index (χ4v) is 4.15. The number of rotatable bonds is 6. The summed E-state index contributed by atoms with van der Waals surface area (Å²) >= 11 is 5.86. The van der Waals surface area contributed by atoms with E-state index in [4.69, 9.17) is 21.1 Å². The van der Waals surface area contributed by atoms with Gasteiger partial charge in [-0.3, -0.25) is 4.79 Å². The van der Waals surface area contributed by atoms with E-state index in [2.05, 4.69) is 9.84 Å². The molecule has 0 aliphatic carbocycles. The minimum Gasteiger partial charge on any atom is -0.465 e. The molecule has 0 bridgehead atoms. The molecule has 1 atom stereocenters. The van der Waals surface area contributed by atoms with Crippen LogP contribution in [0.1, 0.15) is 31.9 Å². The Morgan fingerprint density at radius 2 is 1.61 bits per heavy atom. The summed E-state index contributed by atoms with van der Waals surface area (Å²) in [7, 11) is 0. The second kappa shape index (κ2) is 11.8. The van der Waals surface area contributed by atoms with E-state index in [1.165, 1.54) is 20.8 Å². The van der Waals surface area contributed by atoms with Crippen LogP contribution in [0.5, 0.6) is 5.75 Å². The minimum atomic E-state index is -4.99. The standard InChI is InChI=1S/C25H22ClF6N3O6/c1-4-39-20(36)23(3)13-34(33-19(23)14-6-11-17(18(26)12-14)24(27,28)29)21(37)35(22(38)40-5-2)15-7-9-16(10-8-15)41-25(30,31)32/h6-12H,4-5,13H2,1-3H3. The maximum Gasteiger partial charge on any atom is 0.573 e. The van der Waals surface area contributed by atoms with Crippen molar-refractivity contribution in [3.8, 4) is 5.75 Å². The zero-order valence-corrected chi connectivity index (χ0v) is 22.4. The number of hydrazone groups is 1. The normalized spacial score (nSPS) is 17.1. The van der Waals surface area contributed by atoms with Crippen molar-refractivity contribution in [3.63, 3.8) is 0 Å². The van der Waals surface area contributed by atoms with E-state index < -0.39 is 58.9 Å². The number of halogens is 7. The molecule has 0 saturated carbocycles. The Hall–Kier alpha value is -4.01. The van der Waals surface area contributed by atoms with Crippen molar-refractivity contribution in [3.05, 3.63) is 58.6 Å². The molecule has 1 unspecified atom stereocenters. The van der Waals surface area contributed by atoms with E-state index in [0.29, 0.717) is 16.0 Å². The molecule has 1 aliphatic heterocycles. The first-order valence-corrected chi connectivity index (χ1v) is 12.2. The highest BCUT2D eigenvalue weighted by Crippen LogP contribution is 2.39. The topological polar surface area (TPSA) is 97.7 Å². The van der Waals surface area contributed by atoms with Crippen molar-refractivity contribution in [2.75, 3.05) is 24.7 Å². The average Bonchev–Trinajstić information content (AvgIpc) is 3.22. The highest BCUT2D eigenvalue weighted by atomic mass is 35.5. The van der Waals surface area contributed by atoms with E-state index >= 15 is 0 Å². The summed E-state index contributed by atoms with van der Waals surface area (Å²) in [5.41, 5.74) is -3.32. The Morgan fingerprint density at radius 3 is 2.12 bits per heavy atom. The van der Waals surface area contributed by atoms with Crippen molar-refractivity contribution >= 4 is 41.1 Å². The SMILES string of the molecule is CCOC(=O)N(C(=O)N1CC(C)(C(=O)OCC)C(c2ccc(C(F)(F)F)c(Cl)c2)=N1)c1ccc(OC(F)(F)F)cc1. The average molecular weight is 610 g/mol. The lowest BCUT2D eigenvalue weighted by atomic mass is 9.82. The first-order chi connectivity index (χ1) is 19.0. The molecule has 0 spiro atoms. The molecule has 3 rings (SSSR count). The number of hydrogen-bond acceptors (Lipinski definition) is 7. The lowest BCUT2D eigenvalue weighted by Crippen LogP contribution is -2.47. The van der Waals surface area contributed by atoms with Gasteiger partial charge in [0.2, 0.25) is 0 Å². The van der Waals surface area contributed by atoms with Gasteiger partial charge in [0.05, 0.1) is 41.7 Å². The fourth-order valence-electron chi connectivity index (χ4n) is 3.87. The summed E-state index contributed by atoms with van der Waals surface area (Å²) in [4.78, 5) is 39.8. The van der Waals surface area contributed by atoms with Crippen LogP contribution in [0.15, 0.2) is 47.6 Å². The summed E-state index contributed by atoms with van der Waals surface area (Å²) in [5, 5.41) is 4.14. The van der Waals surface area contributed by atoms with Gasteiger partial charge in [0, 0.05) is 5.56 Å². The third-order valence-electron chi connectivity index (χ3n) is 5.67. The summed E-state index contributed by atoms with van der Waals surface area (Å²) in [6, 6.07) is 5.12. The van der Waals surface area contributed by atoms with Crippen molar-refractivity contribution < 1.29 is 54.9 Å². The lowest BCUT2D eigenvalue weighted by Gasteiger charge is -2.26. The molecule has 2 aromatic rings. The molecule has 3 amide bonds. The molecule has 0 N–H and O–H groups in total. The molecule has 222 valence electrons. The molecule has 41 heavy (non-hydrogen) atoms. The molecule has 9 nitrogen and oxygen atoms in total. The van der Waals surface area contributed by atoms with Crippen LogP contribution in [0.3, 0.4) is 0 Å². The van der Waals surface area contributed by atoms with Gasteiger partial charge < -0.3 is 14.2 Å². The van der Waals surface area contributed by atoms with E-state index in [9.17, 15) is 40.7 Å². The highest BCUT2D eigenvalue weighted by Gasteiger charge is 2.50. The van der Waals surface area contributed by atoms with E-state index in [-0.39, 0.29) is 30.2 Å². The molecule has 1 aliphatic rings. The molecular formula is C25H22ClF6N3O6. The summed E-state index contributed by atoms with van der Waals surface area (Å²) in [6.45, 7) is 3.50. The Morgan fingerprint density at radius 1 is 1.00 bits per heavy atom. The molecule has 1 heterocycles. The Kier molecular flexibility index (Phi) is 9.11. The van der Waals surface area contributed by atoms with Crippen LogP contribution in [-0.2, 0) is 20.4 Å². The number of esters is 1. The van der Waals surface area contributed by atoms with E-state index in [0.717, 1.165) is 36.4 Å². The predicted molar refractivity (Wildman–Crippen MR) is 132 cm³/mol. The zero-order valence-electron chi connectivity index (χ0n) is 21.6. The van der Waals surface area contributed by atoms with Crippen molar-refractivity contribution in [2.45, 2.75) is 33.3 Å². The van der Waals surface area contributed by atoms with Crippen LogP contribution in [0.2, 0.25) is 5.02 Å². The molecule has 0 fully saturated rings. The molecule has 0 saturated heterocycles. The number of hydrogen-bond donors (Lipinski definition) is 0. The number of nitrogens with zero attached hydrogens (tertiary/aromatic N) is 3. The fraction of sp³-hybridized carbons (Fsp3) is 0.360. The largest absolute Gasteiger partial charge is 0.573 e. The smallest absolute Gasteiger partial charge is 0.465 e. The molecule has 16 heteroatoms. The maximum atomic E-state index is 13.6. The third kappa shape index (κ3) is 7.01. The number of benzene rings is 2. The minimum absolute atomic E-state index is 0.0369. The third-order valence-corrected chi connectivity index (χ3v) is 5.99. The number of carbonyl (C=O) groups is 3. The molecule has 2 aromatic carbocycles. The Labute approximate surface area is 234 Å². The Balaban J connectivity index is 2.06. The quantitative estimate of drug-likeness (QED) is 0.269. The van der Waals surface area contributed by atoms with Crippen LogP contribution in [0.25, 0.3) is 0 Å². The van der Waals surface area contributed by atoms with Gasteiger partial charge in [0.15, 0.2) is 0 Å². The van der Waals surface area contributed by atoms with Crippen LogP contribution < -0.4 is 9.64 Å². The lowest BCUT2D eigenvalue weighted by molar-refractivity contribution is -0.274. The second-order valence-corrected chi connectivity index (χ2v) is 9.02. The van der Waals surface area contributed by atoms with Crippen molar-refractivity contribution in [2.24, 2.45) is 10.5 Å². The van der Waals surface area contributed by atoms with Crippen LogP contribution in [0.4, 0.5) is 41.6 Å². The molecular weight excluding hydrogens is 588 g/mol. The first-order valence-electron chi connectivity index (χ1n) is 11.8. The summed E-state index contributed by atoms with van der Waals surface area (Å²) in [5.74, 6) is -1.51. The maximum absolute atomic E-state index is 13.6. The number of amides is 3. The van der Waals surface area contributed by atoms with E-state index in [1.807, 2.05) is 0 Å². The first kappa shape index (κ1) is 31.5. The molecule has 0 aromatic heterocycles. The number of urea groups is 1. The monoisotopic (exact) mass is 609 g/mol. The molecule has 0 radical (unpaired) electrons. The number of imide groups is 1. The van der Waals surface area contributed by atoms with Gasteiger partial charge in [-0.2, -0.15) is 23.2 Å². The number of anilines is 1. The summed E-state index contributed by atoms with van der Waals surface area (Å²) in [6.07, 6.45) is -11.0.